The highest BCUT2D eigenvalue weighted by molar-refractivity contribution is 9.10. The fourth-order valence-electron chi connectivity index (χ4n) is 3.25. The number of hydrogen-bond donors (Lipinski definition) is 1. The number of hydrogen-bond acceptors (Lipinski definition) is 5. The lowest BCUT2D eigenvalue weighted by molar-refractivity contribution is -0.135. The van der Waals surface area contributed by atoms with Gasteiger partial charge in [-0.05, 0) is 19.1 Å². The first-order valence-corrected chi connectivity index (χ1v) is 8.29. The lowest BCUT2D eigenvalue weighted by Gasteiger charge is -2.28. The molecule has 0 amide bonds. The van der Waals surface area contributed by atoms with Gasteiger partial charge in [-0.2, -0.15) is 0 Å². The van der Waals surface area contributed by atoms with Gasteiger partial charge < -0.3 is 19.2 Å². The van der Waals surface area contributed by atoms with Gasteiger partial charge in [0.1, 0.15) is 11.5 Å². The van der Waals surface area contributed by atoms with Crippen LogP contribution in [0.25, 0.3) is 0 Å². The van der Waals surface area contributed by atoms with E-state index in [9.17, 15) is 9.59 Å². The number of aromatic amines is 1. The molecule has 6 nitrogen and oxygen atoms in total. The highest BCUT2D eigenvalue weighted by Crippen LogP contribution is 2.43. The Hall–Kier alpha value is -2.12. The molecule has 0 saturated carbocycles. The summed E-state index contributed by atoms with van der Waals surface area (Å²) in [5.41, 5.74) is 2.52. The van der Waals surface area contributed by atoms with Gasteiger partial charge in [-0.15, -0.1) is 0 Å². The van der Waals surface area contributed by atoms with E-state index in [4.69, 9.17) is 14.2 Å². The van der Waals surface area contributed by atoms with Crippen LogP contribution in [-0.2, 0) is 16.1 Å². The van der Waals surface area contributed by atoms with Gasteiger partial charge >= 0.3 is 5.97 Å². The molecule has 0 saturated heterocycles. The second kappa shape index (κ2) is 5.75. The van der Waals surface area contributed by atoms with Gasteiger partial charge in [0.15, 0.2) is 6.79 Å². The van der Waals surface area contributed by atoms with E-state index in [1.54, 1.807) is 13.0 Å². The number of pyridine rings is 1. The van der Waals surface area contributed by atoms with Crippen LogP contribution < -0.4 is 15.0 Å². The average Bonchev–Trinajstić information content (AvgIpc) is 2.52. The molecule has 1 N–H and O–H groups in total. The Morgan fingerprint density at radius 3 is 2.92 bits per heavy atom. The van der Waals surface area contributed by atoms with Crippen molar-refractivity contribution >= 4 is 21.9 Å². The maximum atomic E-state index is 12.5. The number of benzene rings is 1. The van der Waals surface area contributed by atoms with Gasteiger partial charge in [-0.3, -0.25) is 9.59 Å². The van der Waals surface area contributed by atoms with Crippen molar-refractivity contribution in [1.29, 1.82) is 0 Å². The van der Waals surface area contributed by atoms with Crippen LogP contribution in [0.15, 0.2) is 27.5 Å². The van der Waals surface area contributed by atoms with E-state index >= 15 is 0 Å². The highest BCUT2D eigenvalue weighted by atomic mass is 79.9. The van der Waals surface area contributed by atoms with Crippen LogP contribution in [0.4, 0.5) is 0 Å². The zero-order valence-corrected chi connectivity index (χ0v) is 14.4. The fourth-order valence-corrected chi connectivity index (χ4v) is 3.77. The molecule has 0 fully saturated rings. The summed E-state index contributed by atoms with van der Waals surface area (Å²) in [6.07, 6.45) is 0.0895. The van der Waals surface area contributed by atoms with Gasteiger partial charge in [-0.1, -0.05) is 15.9 Å². The van der Waals surface area contributed by atoms with Crippen molar-refractivity contribution in [3.63, 3.8) is 0 Å². The van der Waals surface area contributed by atoms with E-state index in [1.807, 2.05) is 12.1 Å². The summed E-state index contributed by atoms with van der Waals surface area (Å²) in [6, 6.07) is 5.48. The Morgan fingerprint density at radius 2 is 2.08 bits per heavy atom. The summed E-state index contributed by atoms with van der Waals surface area (Å²) >= 11 is 3.48. The van der Waals surface area contributed by atoms with Crippen LogP contribution in [0, 0.1) is 6.92 Å². The predicted octanol–water partition coefficient (Wildman–Crippen LogP) is 2.75. The molecule has 2 aliphatic heterocycles. The van der Waals surface area contributed by atoms with Crippen molar-refractivity contribution in [3.05, 3.63) is 55.4 Å². The maximum Gasteiger partial charge on any atom is 0.312 e. The van der Waals surface area contributed by atoms with Crippen molar-refractivity contribution in [3.8, 4) is 11.5 Å². The van der Waals surface area contributed by atoms with Crippen LogP contribution in [0.5, 0.6) is 11.5 Å². The summed E-state index contributed by atoms with van der Waals surface area (Å²) in [6.45, 7) is 2.33. The Labute approximate surface area is 145 Å². The lowest BCUT2D eigenvalue weighted by Crippen LogP contribution is -2.29. The van der Waals surface area contributed by atoms with E-state index in [2.05, 4.69) is 20.9 Å². The molecule has 1 atom stereocenters. The summed E-state index contributed by atoms with van der Waals surface area (Å²) in [4.78, 5) is 27.4. The number of aromatic nitrogens is 1. The van der Waals surface area contributed by atoms with Crippen molar-refractivity contribution in [2.75, 3.05) is 6.79 Å². The number of ether oxygens (including phenoxy) is 3. The molecule has 2 aromatic rings. The quantitative estimate of drug-likeness (QED) is 0.756. The third-order valence-electron chi connectivity index (χ3n) is 4.19. The molecule has 24 heavy (non-hydrogen) atoms. The Kier molecular flexibility index (Phi) is 3.69. The SMILES string of the molecule is Cc1cc2c(c(=O)[nH]1)[C@@H](c1cc(Br)cc3c1OCOC3)CC(=O)O2. The first-order chi connectivity index (χ1) is 11.5. The van der Waals surface area contributed by atoms with E-state index in [1.165, 1.54) is 0 Å². The zero-order valence-electron chi connectivity index (χ0n) is 12.8. The second-order valence-corrected chi connectivity index (χ2v) is 6.80. The molecule has 0 aliphatic carbocycles. The molecule has 2 aliphatic rings. The minimum atomic E-state index is -0.421. The Morgan fingerprint density at radius 1 is 1.25 bits per heavy atom. The maximum absolute atomic E-state index is 12.5. The third kappa shape index (κ3) is 2.53. The lowest BCUT2D eigenvalue weighted by atomic mass is 9.85. The molecular formula is C17H14BrNO5. The van der Waals surface area contributed by atoms with Crippen LogP contribution in [0.2, 0.25) is 0 Å². The number of carbonyl (C=O) groups is 1. The van der Waals surface area contributed by atoms with Crippen LogP contribution in [-0.4, -0.2) is 17.7 Å². The van der Waals surface area contributed by atoms with Crippen molar-refractivity contribution < 1.29 is 19.0 Å². The second-order valence-electron chi connectivity index (χ2n) is 5.88. The normalized spacial score (nSPS) is 19.1. The van der Waals surface area contributed by atoms with E-state index in [0.29, 0.717) is 29.4 Å². The highest BCUT2D eigenvalue weighted by Gasteiger charge is 2.34. The first-order valence-electron chi connectivity index (χ1n) is 7.50. The molecule has 0 bridgehead atoms. The van der Waals surface area contributed by atoms with E-state index in [0.717, 1.165) is 15.6 Å². The number of H-pyrrole nitrogens is 1. The smallest absolute Gasteiger partial charge is 0.312 e. The summed E-state index contributed by atoms with van der Waals surface area (Å²) in [7, 11) is 0. The van der Waals surface area contributed by atoms with E-state index in [-0.39, 0.29) is 24.7 Å². The number of nitrogens with one attached hydrogen (secondary N) is 1. The first kappa shape index (κ1) is 15.4. The van der Waals surface area contributed by atoms with Gasteiger partial charge in [0, 0.05) is 33.3 Å². The van der Waals surface area contributed by atoms with Gasteiger partial charge in [0.25, 0.3) is 5.56 Å². The summed E-state index contributed by atoms with van der Waals surface area (Å²) < 4.78 is 17.1. The molecule has 1 aromatic carbocycles. The number of aryl methyl sites for hydroxylation is 1. The summed E-state index contributed by atoms with van der Waals surface area (Å²) in [5, 5.41) is 0. The minimum Gasteiger partial charge on any atom is -0.467 e. The largest absolute Gasteiger partial charge is 0.467 e. The van der Waals surface area contributed by atoms with Crippen LogP contribution in [0.3, 0.4) is 0 Å². The zero-order chi connectivity index (χ0) is 16.8. The molecule has 124 valence electrons. The number of carbonyl (C=O) groups excluding carboxylic acids is 1. The van der Waals surface area contributed by atoms with Gasteiger partial charge in [0.2, 0.25) is 0 Å². The van der Waals surface area contributed by atoms with Gasteiger partial charge in [0.05, 0.1) is 18.6 Å². The fraction of sp³-hybridized carbons (Fsp3) is 0.294. The van der Waals surface area contributed by atoms with Crippen LogP contribution in [0.1, 0.15) is 34.7 Å². The number of esters is 1. The predicted molar refractivity (Wildman–Crippen MR) is 88.3 cm³/mol. The van der Waals surface area contributed by atoms with Gasteiger partial charge in [-0.25, -0.2) is 0 Å². The molecule has 0 radical (unpaired) electrons. The number of fused-ring (bicyclic) bond motifs is 2. The minimum absolute atomic E-state index is 0.0895. The molecule has 7 heteroatoms. The van der Waals surface area contributed by atoms with Crippen molar-refractivity contribution in [2.45, 2.75) is 25.9 Å². The molecule has 0 spiro atoms. The Balaban J connectivity index is 1.94. The third-order valence-corrected chi connectivity index (χ3v) is 4.65. The number of rotatable bonds is 1. The molecular weight excluding hydrogens is 378 g/mol. The van der Waals surface area contributed by atoms with Crippen molar-refractivity contribution in [1.82, 2.24) is 4.98 Å². The molecule has 3 heterocycles. The Bertz CT molecular complexity index is 905. The topological polar surface area (TPSA) is 77.6 Å². The average molecular weight is 392 g/mol. The molecule has 4 rings (SSSR count). The number of halogens is 1. The summed E-state index contributed by atoms with van der Waals surface area (Å²) in [5.74, 6) is 0.210. The van der Waals surface area contributed by atoms with E-state index < -0.39 is 5.92 Å². The molecule has 1 aromatic heterocycles. The van der Waals surface area contributed by atoms with Crippen LogP contribution >= 0.6 is 15.9 Å². The van der Waals surface area contributed by atoms with Crippen molar-refractivity contribution in [2.24, 2.45) is 0 Å². The standard InChI is InChI=1S/C17H14BrNO5/c1-8-2-13-15(17(21)19-8)11(5-14(20)24-13)12-4-10(18)3-9-6-22-7-23-16(9)12/h2-4,11H,5-7H2,1H3,(H,19,21)/t11-/m1/s1. The monoisotopic (exact) mass is 391 g/mol. The molecule has 0 unspecified atom stereocenters.